The Morgan fingerprint density at radius 3 is 2.12 bits per heavy atom. The van der Waals surface area contributed by atoms with Crippen molar-refractivity contribution in [2.75, 3.05) is 5.32 Å². The first-order valence-corrected chi connectivity index (χ1v) is 14.8. The molecule has 4 aliphatic rings. The molecule has 0 unspecified atom stereocenters. The average molecular weight is 559 g/mol. The predicted molar refractivity (Wildman–Crippen MR) is 161 cm³/mol. The van der Waals surface area contributed by atoms with Gasteiger partial charge in [0.25, 0.3) is 11.5 Å². The number of rotatable bonds is 6. The molecular formula is C34H34N6O2. The molecule has 212 valence electrons. The van der Waals surface area contributed by atoms with E-state index in [1.165, 1.54) is 23.9 Å². The SMILES string of the molecule is Cc1c(NC(=O)C(C#N)=Cc2cn(-c3ccccc3)nc2C23CC4CC(CC(C4)C2)C3)c(=O)n(-c2ccccc2)n1C. The van der Waals surface area contributed by atoms with E-state index in [2.05, 4.69) is 11.4 Å². The smallest absolute Gasteiger partial charge is 0.295 e. The summed E-state index contributed by atoms with van der Waals surface area (Å²) in [5, 5.41) is 18.1. The zero-order chi connectivity index (χ0) is 29.0. The lowest BCUT2D eigenvalue weighted by Gasteiger charge is -2.56. The molecule has 4 aromatic rings. The number of amides is 1. The highest BCUT2D eigenvalue weighted by atomic mass is 16.2. The lowest BCUT2D eigenvalue weighted by Crippen LogP contribution is -2.49. The molecule has 0 aliphatic heterocycles. The molecule has 1 amide bonds. The lowest BCUT2D eigenvalue weighted by atomic mass is 9.48. The van der Waals surface area contributed by atoms with Gasteiger partial charge in [0, 0.05) is 24.2 Å². The van der Waals surface area contributed by atoms with Gasteiger partial charge in [0.05, 0.1) is 22.8 Å². The van der Waals surface area contributed by atoms with Crippen molar-refractivity contribution in [2.24, 2.45) is 24.8 Å². The summed E-state index contributed by atoms with van der Waals surface area (Å²) in [7, 11) is 1.77. The highest BCUT2D eigenvalue weighted by Crippen LogP contribution is 2.61. The van der Waals surface area contributed by atoms with Crippen LogP contribution in [-0.2, 0) is 17.3 Å². The molecular weight excluding hydrogens is 524 g/mol. The number of anilines is 1. The minimum atomic E-state index is -0.604. The Bertz CT molecular complexity index is 1770. The van der Waals surface area contributed by atoms with E-state index in [9.17, 15) is 14.9 Å². The van der Waals surface area contributed by atoms with Crippen molar-refractivity contribution in [3.05, 3.63) is 99.7 Å². The van der Waals surface area contributed by atoms with Crippen LogP contribution in [0.3, 0.4) is 0 Å². The second-order valence-corrected chi connectivity index (χ2v) is 12.5. The summed E-state index contributed by atoms with van der Waals surface area (Å²) in [5.41, 5.74) is 3.75. The van der Waals surface area contributed by atoms with Crippen molar-refractivity contribution in [1.29, 1.82) is 5.26 Å². The molecule has 0 spiro atoms. The van der Waals surface area contributed by atoms with Crippen molar-refractivity contribution in [1.82, 2.24) is 19.1 Å². The van der Waals surface area contributed by atoms with Gasteiger partial charge in [-0.05, 0) is 93.5 Å². The van der Waals surface area contributed by atoms with E-state index in [-0.39, 0.29) is 22.2 Å². The first-order valence-electron chi connectivity index (χ1n) is 14.8. The number of carbonyl (C=O) groups excluding carboxylic acids is 1. The summed E-state index contributed by atoms with van der Waals surface area (Å²) in [5.74, 6) is 1.57. The van der Waals surface area contributed by atoms with Crippen LogP contribution in [0.2, 0.25) is 0 Å². The standard InChI is InChI=1S/C34H34N6O2/c1-22-30(33(42)40(38(22)2)29-11-7-4-8-12-29)36-32(41)26(20-35)16-27-21-39(28-9-5-3-6-10-28)37-31(27)34-17-23-13-24(18-34)15-25(14-23)19-34/h3-12,16,21,23-25H,13-15,17-19H2,1-2H3,(H,36,41). The van der Waals surface area contributed by atoms with E-state index in [0.29, 0.717) is 11.4 Å². The van der Waals surface area contributed by atoms with Gasteiger partial charge in [0.1, 0.15) is 17.3 Å². The van der Waals surface area contributed by atoms with E-state index >= 15 is 0 Å². The lowest BCUT2D eigenvalue weighted by molar-refractivity contribution is -0.112. The zero-order valence-corrected chi connectivity index (χ0v) is 24.0. The van der Waals surface area contributed by atoms with Gasteiger partial charge in [0.15, 0.2) is 0 Å². The first kappa shape index (κ1) is 26.3. The molecule has 4 aliphatic carbocycles. The Morgan fingerprint density at radius 1 is 0.976 bits per heavy atom. The molecule has 0 atom stereocenters. The van der Waals surface area contributed by atoms with Gasteiger partial charge in [-0.3, -0.25) is 14.3 Å². The van der Waals surface area contributed by atoms with Crippen molar-refractivity contribution >= 4 is 17.7 Å². The Balaban J connectivity index is 1.27. The summed E-state index contributed by atoms with van der Waals surface area (Å²) >= 11 is 0. The predicted octanol–water partition coefficient (Wildman–Crippen LogP) is 5.68. The molecule has 4 saturated carbocycles. The van der Waals surface area contributed by atoms with Gasteiger partial charge in [-0.15, -0.1) is 0 Å². The Morgan fingerprint density at radius 2 is 1.55 bits per heavy atom. The third-order valence-electron chi connectivity index (χ3n) is 9.76. The van der Waals surface area contributed by atoms with E-state index in [0.717, 1.165) is 54.0 Å². The van der Waals surface area contributed by atoms with Crippen LogP contribution in [0.1, 0.15) is 55.5 Å². The molecule has 8 heteroatoms. The summed E-state index contributed by atoms with van der Waals surface area (Å²) in [6.45, 7) is 1.78. The molecule has 0 radical (unpaired) electrons. The molecule has 8 nitrogen and oxygen atoms in total. The maximum Gasteiger partial charge on any atom is 0.295 e. The fourth-order valence-corrected chi connectivity index (χ4v) is 8.22. The van der Waals surface area contributed by atoms with E-state index in [1.807, 2.05) is 71.5 Å². The second kappa shape index (κ2) is 10.0. The molecule has 0 saturated heterocycles. The third kappa shape index (κ3) is 4.32. The minimum absolute atomic E-state index is 0.0307. The molecule has 8 rings (SSSR count). The van der Waals surface area contributed by atoms with Gasteiger partial charge >= 0.3 is 0 Å². The van der Waals surface area contributed by atoms with Crippen LogP contribution >= 0.6 is 0 Å². The summed E-state index contributed by atoms with van der Waals surface area (Å²) in [4.78, 5) is 27.0. The third-order valence-corrected chi connectivity index (χ3v) is 9.76. The van der Waals surface area contributed by atoms with Crippen molar-refractivity contribution in [3.63, 3.8) is 0 Å². The first-order chi connectivity index (χ1) is 20.3. The zero-order valence-electron chi connectivity index (χ0n) is 24.0. The molecule has 2 aromatic carbocycles. The quantitative estimate of drug-likeness (QED) is 0.243. The topological polar surface area (TPSA) is 97.6 Å². The minimum Gasteiger partial charge on any atom is -0.315 e. The number of nitrogens with zero attached hydrogens (tertiary/aromatic N) is 5. The van der Waals surface area contributed by atoms with Crippen molar-refractivity contribution in [3.8, 4) is 17.4 Å². The number of aromatic nitrogens is 4. The largest absolute Gasteiger partial charge is 0.315 e. The van der Waals surface area contributed by atoms with Crippen LogP contribution in [-0.4, -0.2) is 25.1 Å². The van der Waals surface area contributed by atoms with Crippen LogP contribution in [0.15, 0.2) is 77.2 Å². The second-order valence-electron chi connectivity index (χ2n) is 12.5. The fourth-order valence-electron chi connectivity index (χ4n) is 8.22. The van der Waals surface area contributed by atoms with E-state index < -0.39 is 5.91 Å². The highest BCUT2D eigenvalue weighted by molar-refractivity contribution is 6.10. The molecule has 1 N–H and O–H groups in total. The van der Waals surface area contributed by atoms with Crippen molar-refractivity contribution in [2.45, 2.75) is 50.9 Å². The Hall–Kier alpha value is -4.64. The number of carbonyl (C=O) groups is 1. The molecule has 42 heavy (non-hydrogen) atoms. The molecule has 4 bridgehead atoms. The maximum atomic E-state index is 13.6. The number of nitriles is 1. The molecule has 2 heterocycles. The van der Waals surface area contributed by atoms with Crippen molar-refractivity contribution < 1.29 is 4.79 Å². The normalized spacial score (nSPS) is 24.5. The highest BCUT2D eigenvalue weighted by Gasteiger charge is 2.53. The molecule has 2 aromatic heterocycles. The summed E-state index contributed by atoms with van der Waals surface area (Å²) in [6.07, 6.45) is 10.9. The number of hydrogen-bond donors (Lipinski definition) is 1. The number of nitrogens with one attached hydrogen (secondary N) is 1. The van der Waals surface area contributed by atoms with Gasteiger partial charge in [-0.1, -0.05) is 36.4 Å². The van der Waals surface area contributed by atoms with Crippen LogP contribution in [0.4, 0.5) is 5.69 Å². The Labute approximate surface area is 244 Å². The van der Waals surface area contributed by atoms with Crippen LogP contribution in [0.25, 0.3) is 17.5 Å². The fraction of sp³-hybridized carbons (Fsp3) is 0.353. The van der Waals surface area contributed by atoms with Crippen LogP contribution in [0.5, 0.6) is 0 Å². The van der Waals surface area contributed by atoms with Crippen LogP contribution < -0.4 is 10.9 Å². The summed E-state index contributed by atoms with van der Waals surface area (Å²) in [6, 6.07) is 21.3. The van der Waals surface area contributed by atoms with Gasteiger partial charge < -0.3 is 5.32 Å². The van der Waals surface area contributed by atoms with Crippen LogP contribution in [0, 0.1) is 36.0 Å². The van der Waals surface area contributed by atoms with Gasteiger partial charge in [0.2, 0.25) is 0 Å². The number of hydrogen-bond acceptors (Lipinski definition) is 4. The molecule has 4 fully saturated rings. The number of benzene rings is 2. The number of para-hydroxylation sites is 2. The van der Waals surface area contributed by atoms with E-state index in [1.54, 1.807) is 24.7 Å². The Kier molecular flexibility index (Phi) is 6.27. The van der Waals surface area contributed by atoms with E-state index in [4.69, 9.17) is 5.10 Å². The maximum absolute atomic E-state index is 13.6. The van der Waals surface area contributed by atoms with Gasteiger partial charge in [-0.2, -0.15) is 10.4 Å². The summed E-state index contributed by atoms with van der Waals surface area (Å²) < 4.78 is 5.10. The monoisotopic (exact) mass is 558 g/mol. The van der Waals surface area contributed by atoms with Gasteiger partial charge in [-0.25, -0.2) is 9.36 Å². The average Bonchev–Trinajstić information content (AvgIpc) is 3.51.